The maximum atomic E-state index is 13.1. The molecule has 2 N–H and O–H groups in total. The summed E-state index contributed by atoms with van der Waals surface area (Å²) in [6.45, 7) is 14.4. The Kier molecular flexibility index (Phi) is 6.69. The lowest BCUT2D eigenvalue weighted by Crippen LogP contribution is -2.53. The highest BCUT2D eigenvalue weighted by Gasteiger charge is 2.54. The number of nitrogens with zero attached hydrogens (tertiary/aromatic N) is 2. The molecule has 1 saturated carbocycles. The molecule has 1 aliphatic heterocycles. The first kappa shape index (κ1) is 24.6. The van der Waals surface area contributed by atoms with Crippen molar-refractivity contribution in [1.29, 1.82) is 0 Å². The Labute approximate surface area is 202 Å². The van der Waals surface area contributed by atoms with E-state index in [0.29, 0.717) is 11.6 Å². The summed E-state index contributed by atoms with van der Waals surface area (Å²) in [4.78, 5) is 33.6. The molecule has 1 saturated heterocycles. The first-order valence-electron chi connectivity index (χ1n) is 12.7. The van der Waals surface area contributed by atoms with E-state index in [2.05, 4.69) is 39.9 Å². The van der Waals surface area contributed by atoms with Gasteiger partial charge < -0.3 is 15.3 Å². The second-order valence-electron chi connectivity index (χ2n) is 12.3. The van der Waals surface area contributed by atoms with Crippen molar-refractivity contribution >= 4 is 28.3 Å². The molecular weight excluding hydrogens is 434 g/mol. The lowest BCUT2D eigenvalue weighted by Gasteiger charge is -2.53. The van der Waals surface area contributed by atoms with Gasteiger partial charge in [-0.3, -0.25) is 9.59 Å². The number of likely N-dealkylation sites (tertiary alicyclic amines) is 1. The van der Waals surface area contributed by atoms with Crippen molar-refractivity contribution in [3.05, 3.63) is 10.6 Å². The zero-order chi connectivity index (χ0) is 24.1. The summed E-state index contributed by atoms with van der Waals surface area (Å²) < 4.78 is 0. The maximum absolute atomic E-state index is 13.1. The fourth-order valence-corrected chi connectivity index (χ4v) is 7.93. The Hall–Kier alpha value is -1.47. The molecule has 2 amide bonds. The average Bonchev–Trinajstić information content (AvgIpc) is 3.35. The van der Waals surface area contributed by atoms with E-state index in [-0.39, 0.29) is 46.3 Å². The summed E-state index contributed by atoms with van der Waals surface area (Å²) in [5, 5.41) is 15.3. The number of amides is 2. The normalized spacial score (nSPS) is 32.8. The Balaban J connectivity index is 1.52. The van der Waals surface area contributed by atoms with Gasteiger partial charge in [-0.25, -0.2) is 4.98 Å². The molecule has 6 atom stereocenters. The molecule has 0 spiro atoms. The molecule has 4 rings (SSSR count). The van der Waals surface area contributed by atoms with Gasteiger partial charge in [0.05, 0.1) is 11.8 Å². The van der Waals surface area contributed by atoms with Gasteiger partial charge in [0.1, 0.15) is 0 Å². The van der Waals surface area contributed by atoms with E-state index in [0.717, 1.165) is 50.9 Å². The van der Waals surface area contributed by atoms with Gasteiger partial charge in [0.2, 0.25) is 11.8 Å². The standard InChI is InChI=1S/C26H41N3O3S/c1-15(23(32)29-11-7-8-12-29)17-9-10-26(6)13-18-21(16(2)20(26)22(17)31)28-24(33-18)27-19(30)14-25(3,4)5/h15-17,20,22,31H,7-14H2,1-6H3,(H,27,28,30)/t15-,16-,17+,20+,22-,26-/m0/s1. The molecule has 0 unspecified atom stereocenters. The van der Waals surface area contributed by atoms with E-state index < -0.39 is 6.10 Å². The van der Waals surface area contributed by atoms with Crippen LogP contribution in [0.25, 0.3) is 0 Å². The summed E-state index contributed by atoms with van der Waals surface area (Å²) in [7, 11) is 0. The number of thiazole rings is 1. The Morgan fingerprint density at radius 2 is 1.97 bits per heavy atom. The van der Waals surface area contributed by atoms with Crippen LogP contribution in [0.5, 0.6) is 0 Å². The van der Waals surface area contributed by atoms with Crippen molar-refractivity contribution in [1.82, 2.24) is 9.88 Å². The second-order valence-corrected chi connectivity index (χ2v) is 13.4. The fourth-order valence-electron chi connectivity index (χ4n) is 6.65. The van der Waals surface area contributed by atoms with Crippen LogP contribution in [-0.2, 0) is 16.0 Å². The average molecular weight is 476 g/mol. The van der Waals surface area contributed by atoms with E-state index in [9.17, 15) is 14.7 Å². The molecule has 3 aliphatic rings. The minimum Gasteiger partial charge on any atom is -0.392 e. The zero-order valence-electron chi connectivity index (χ0n) is 21.1. The second kappa shape index (κ2) is 8.95. The molecule has 184 valence electrons. The topological polar surface area (TPSA) is 82.5 Å². The maximum Gasteiger partial charge on any atom is 0.226 e. The fraction of sp³-hybridized carbons (Fsp3) is 0.808. The number of rotatable bonds is 4. The van der Waals surface area contributed by atoms with Crippen molar-refractivity contribution in [3.63, 3.8) is 0 Å². The third kappa shape index (κ3) is 4.86. The number of carbonyl (C=O) groups excluding carboxylic acids is 2. The van der Waals surface area contributed by atoms with E-state index in [1.165, 1.54) is 4.88 Å². The van der Waals surface area contributed by atoms with Crippen LogP contribution in [0.15, 0.2) is 0 Å². The van der Waals surface area contributed by atoms with Gasteiger partial charge >= 0.3 is 0 Å². The first-order chi connectivity index (χ1) is 15.4. The Morgan fingerprint density at radius 1 is 1.30 bits per heavy atom. The van der Waals surface area contributed by atoms with Crippen LogP contribution in [0.2, 0.25) is 0 Å². The SMILES string of the molecule is C[C@H](C(=O)N1CCCC1)[C@H]1CC[C@@]2(C)Cc3sc(NC(=O)CC(C)(C)C)nc3[C@@H](C)[C@@H]2[C@H]1O. The van der Waals surface area contributed by atoms with Crippen molar-refractivity contribution in [2.24, 2.45) is 28.6 Å². The highest BCUT2D eigenvalue weighted by atomic mass is 32.1. The van der Waals surface area contributed by atoms with Crippen molar-refractivity contribution in [3.8, 4) is 0 Å². The molecule has 0 bridgehead atoms. The molecule has 0 aromatic carbocycles. The lowest BCUT2D eigenvalue weighted by atomic mass is 9.53. The number of anilines is 1. The molecule has 2 fully saturated rings. The number of hydrogen-bond donors (Lipinski definition) is 2. The minimum atomic E-state index is -0.519. The summed E-state index contributed by atoms with van der Waals surface area (Å²) in [6.07, 6.45) is 4.87. The molecule has 2 aliphatic carbocycles. The predicted octanol–water partition coefficient (Wildman–Crippen LogP) is 4.83. The van der Waals surface area contributed by atoms with Crippen molar-refractivity contribution < 1.29 is 14.7 Å². The van der Waals surface area contributed by atoms with Gasteiger partial charge in [-0.15, -0.1) is 11.3 Å². The van der Waals surface area contributed by atoms with Crippen LogP contribution in [0, 0.1) is 28.6 Å². The molecular formula is C26H41N3O3S. The van der Waals surface area contributed by atoms with Gasteiger partial charge in [0.25, 0.3) is 0 Å². The third-order valence-corrected chi connectivity index (χ3v) is 9.30. The van der Waals surface area contributed by atoms with E-state index in [1.807, 2.05) is 11.8 Å². The molecule has 2 heterocycles. The van der Waals surface area contributed by atoms with Gasteiger partial charge in [0.15, 0.2) is 5.13 Å². The highest BCUT2D eigenvalue weighted by Crippen LogP contribution is 2.57. The zero-order valence-corrected chi connectivity index (χ0v) is 21.9. The number of aliphatic hydroxyl groups is 1. The van der Waals surface area contributed by atoms with E-state index in [4.69, 9.17) is 4.98 Å². The molecule has 1 aromatic rings. The van der Waals surface area contributed by atoms with Gasteiger partial charge in [-0.1, -0.05) is 41.5 Å². The number of carbonyl (C=O) groups is 2. The third-order valence-electron chi connectivity index (χ3n) is 8.31. The first-order valence-corrected chi connectivity index (χ1v) is 13.5. The largest absolute Gasteiger partial charge is 0.392 e. The number of fused-ring (bicyclic) bond motifs is 2. The summed E-state index contributed by atoms with van der Waals surface area (Å²) >= 11 is 1.59. The Bertz CT molecular complexity index is 901. The number of aromatic nitrogens is 1. The number of hydrogen-bond acceptors (Lipinski definition) is 5. The van der Waals surface area contributed by atoms with Crippen LogP contribution in [-0.4, -0.2) is 46.0 Å². The summed E-state index contributed by atoms with van der Waals surface area (Å²) in [6, 6.07) is 0. The monoisotopic (exact) mass is 475 g/mol. The lowest BCUT2D eigenvalue weighted by molar-refractivity contribution is -0.143. The quantitative estimate of drug-likeness (QED) is 0.653. The van der Waals surface area contributed by atoms with Gasteiger partial charge in [-0.2, -0.15) is 0 Å². The smallest absolute Gasteiger partial charge is 0.226 e. The summed E-state index contributed by atoms with van der Waals surface area (Å²) in [5.41, 5.74) is 0.934. The van der Waals surface area contributed by atoms with Crippen LogP contribution in [0.1, 0.15) is 90.1 Å². The van der Waals surface area contributed by atoms with Crippen molar-refractivity contribution in [2.75, 3.05) is 18.4 Å². The van der Waals surface area contributed by atoms with Crippen LogP contribution >= 0.6 is 11.3 Å². The summed E-state index contributed by atoms with van der Waals surface area (Å²) in [5.74, 6) is 0.206. The Morgan fingerprint density at radius 3 is 2.61 bits per heavy atom. The number of aliphatic hydroxyl groups excluding tert-OH is 1. The molecule has 6 nitrogen and oxygen atoms in total. The van der Waals surface area contributed by atoms with Crippen LogP contribution in [0.4, 0.5) is 5.13 Å². The molecule has 7 heteroatoms. The van der Waals surface area contributed by atoms with Crippen LogP contribution in [0.3, 0.4) is 0 Å². The van der Waals surface area contributed by atoms with Gasteiger partial charge in [0, 0.05) is 36.2 Å². The van der Waals surface area contributed by atoms with Crippen LogP contribution < -0.4 is 5.32 Å². The minimum absolute atomic E-state index is 0.000716. The van der Waals surface area contributed by atoms with Gasteiger partial charge in [-0.05, 0) is 54.8 Å². The molecule has 0 radical (unpaired) electrons. The van der Waals surface area contributed by atoms with Crippen molar-refractivity contribution in [2.45, 2.75) is 92.1 Å². The van der Waals surface area contributed by atoms with E-state index in [1.54, 1.807) is 11.3 Å². The highest BCUT2D eigenvalue weighted by molar-refractivity contribution is 7.15. The number of nitrogens with one attached hydrogen (secondary N) is 1. The van der Waals surface area contributed by atoms with E-state index >= 15 is 0 Å². The molecule has 33 heavy (non-hydrogen) atoms. The predicted molar refractivity (Wildman–Crippen MR) is 132 cm³/mol. The molecule has 1 aromatic heterocycles.